The van der Waals surface area contributed by atoms with Gasteiger partial charge in [0.25, 0.3) is 5.91 Å². The number of halogens is 5. The zero-order valence-electron chi connectivity index (χ0n) is 14.6. The van der Waals surface area contributed by atoms with E-state index in [0.717, 1.165) is 10.8 Å². The van der Waals surface area contributed by atoms with Crippen LogP contribution >= 0.6 is 0 Å². The minimum absolute atomic E-state index is 0.260. The number of amides is 1. The van der Waals surface area contributed by atoms with Crippen LogP contribution in [0.5, 0.6) is 0 Å². The van der Waals surface area contributed by atoms with Gasteiger partial charge in [-0.3, -0.25) is 9.59 Å². The molecule has 0 bridgehead atoms. The Morgan fingerprint density at radius 1 is 0.793 bits per heavy atom. The average molecular weight is 409 g/mol. The Kier molecular flexibility index (Phi) is 5.76. The van der Waals surface area contributed by atoms with Crippen molar-refractivity contribution in [3.05, 3.63) is 82.7 Å². The summed E-state index contributed by atoms with van der Waals surface area (Å²) in [6, 6.07) is 12.1. The molecule has 0 fully saturated rings. The van der Waals surface area contributed by atoms with Gasteiger partial charge in [0.15, 0.2) is 23.3 Å². The van der Waals surface area contributed by atoms with Crippen LogP contribution in [0.2, 0.25) is 0 Å². The van der Waals surface area contributed by atoms with Gasteiger partial charge in [-0.05, 0) is 22.9 Å². The van der Waals surface area contributed by atoms with Crippen molar-refractivity contribution in [2.24, 2.45) is 0 Å². The lowest BCUT2D eigenvalue weighted by Crippen LogP contribution is -2.30. The molecule has 0 saturated heterocycles. The summed E-state index contributed by atoms with van der Waals surface area (Å²) < 4.78 is 70.8. The molecular formula is C20H12F5NO3. The van der Waals surface area contributed by atoms with Crippen molar-refractivity contribution >= 4 is 22.6 Å². The van der Waals surface area contributed by atoms with Gasteiger partial charge in [-0.1, -0.05) is 30.3 Å². The molecule has 29 heavy (non-hydrogen) atoms. The molecule has 0 aliphatic heterocycles. The molecule has 0 radical (unpaired) electrons. The highest BCUT2D eigenvalue weighted by Crippen LogP contribution is 2.23. The number of carbonyl (C=O) groups is 2. The van der Waals surface area contributed by atoms with Crippen LogP contribution in [0.25, 0.3) is 10.8 Å². The molecule has 0 aromatic heterocycles. The lowest BCUT2D eigenvalue weighted by molar-refractivity contribution is -0.143. The average Bonchev–Trinajstić information content (AvgIpc) is 2.74. The van der Waals surface area contributed by atoms with Crippen molar-refractivity contribution in [2.75, 3.05) is 6.54 Å². The van der Waals surface area contributed by atoms with Crippen LogP contribution in [-0.4, -0.2) is 18.4 Å². The van der Waals surface area contributed by atoms with Crippen LogP contribution in [0.3, 0.4) is 0 Å². The number of nitrogens with one attached hydrogen (secondary N) is 1. The first-order chi connectivity index (χ1) is 13.8. The van der Waals surface area contributed by atoms with Gasteiger partial charge in [-0.2, -0.15) is 0 Å². The number of carbonyl (C=O) groups excluding carboxylic acids is 2. The summed E-state index contributed by atoms with van der Waals surface area (Å²) >= 11 is 0. The summed E-state index contributed by atoms with van der Waals surface area (Å²) in [5.74, 6) is -12.5. The molecular weight excluding hydrogens is 397 g/mol. The van der Waals surface area contributed by atoms with Crippen LogP contribution in [0, 0.1) is 29.1 Å². The molecule has 1 N–H and O–H groups in total. The standard InChI is InChI=1S/C20H12F5NO3/c21-15-13(16(22)18(24)19(25)17(15)23)9-29-14(27)8-26-20(28)12-6-5-10-3-1-2-4-11(10)7-12/h1-7H,8-9H2,(H,26,28). The van der Waals surface area contributed by atoms with Crippen molar-refractivity contribution in [1.82, 2.24) is 5.32 Å². The molecule has 0 atom stereocenters. The Bertz CT molecular complexity index is 1090. The summed E-state index contributed by atoms with van der Waals surface area (Å²) in [5, 5.41) is 3.96. The molecule has 3 aromatic carbocycles. The molecule has 4 nitrogen and oxygen atoms in total. The fourth-order valence-electron chi connectivity index (χ4n) is 2.57. The Hall–Kier alpha value is -3.49. The Morgan fingerprint density at radius 2 is 1.38 bits per heavy atom. The highest BCUT2D eigenvalue weighted by atomic mass is 19.2. The third kappa shape index (κ3) is 4.18. The summed E-state index contributed by atoms with van der Waals surface area (Å²) in [6.45, 7) is -1.85. The van der Waals surface area contributed by atoms with Crippen molar-refractivity contribution in [3.8, 4) is 0 Å². The number of fused-ring (bicyclic) bond motifs is 1. The van der Waals surface area contributed by atoms with E-state index in [2.05, 4.69) is 10.1 Å². The normalized spacial score (nSPS) is 10.8. The molecule has 0 saturated carbocycles. The van der Waals surface area contributed by atoms with E-state index >= 15 is 0 Å². The molecule has 1 amide bonds. The van der Waals surface area contributed by atoms with Gasteiger partial charge in [0.05, 0.1) is 5.56 Å². The van der Waals surface area contributed by atoms with Gasteiger partial charge in [-0.15, -0.1) is 0 Å². The van der Waals surface area contributed by atoms with Gasteiger partial charge < -0.3 is 10.1 Å². The lowest BCUT2D eigenvalue weighted by Gasteiger charge is -2.10. The highest BCUT2D eigenvalue weighted by molar-refractivity contribution is 5.99. The quantitative estimate of drug-likeness (QED) is 0.300. The first kappa shape index (κ1) is 20.2. The lowest BCUT2D eigenvalue weighted by atomic mass is 10.1. The van der Waals surface area contributed by atoms with Crippen molar-refractivity contribution < 1.29 is 36.3 Å². The predicted octanol–water partition coefficient (Wildman–Crippen LogP) is 4.01. The fraction of sp³-hybridized carbons (Fsp3) is 0.100. The maximum absolute atomic E-state index is 13.5. The van der Waals surface area contributed by atoms with E-state index in [4.69, 9.17) is 0 Å². The van der Waals surface area contributed by atoms with E-state index in [9.17, 15) is 31.5 Å². The Labute approximate surface area is 160 Å². The third-order valence-electron chi connectivity index (χ3n) is 4.08. The zero-order valence-corrected chi connectivity index (χ0v) is 14.6. The van der Waals surface area contributed by atoms with E-state index in [1.807, 2.05) is 12.1 Å². The smallest absolute Gasteiger partial charge is 0.325 e. The number of hydrogen-bond acceptors (Lipinski definition) is 3. The topological polar surface area (TPSA) is 55.4 Å². The van der Waals surface area contributed by atoms with Crippen LogP contribution in [0.15, 0.2) is 42.5 Å². The van der Waals surface area contributed by atoms with Crippen LogP contribution < -0.4 is 5.32 Å². The molecule has 3 aromatic rings. The monoisotopic (exact) mass is 409 g/mol. The minimum atomic E-state index is -2.31. The number of benzene rings is 3. The fourth-order valence-corrected chi connectivity index (χ4v) is 2.57. The largest absolute Gasteiger partial charge is 0.459 e. The molecule has 0 heterocycles. The zero-order chi connectivity index (χ0) is 21.1. The molecule has 0 unspecified atom stereocenters. The summed E-state index contributed by atoms with van der Waals surface area (Å²) in [4.78, 5) is 23.8. The number of rotatable bonds is 5. The third-order valence-corrected chi connectivity index (χ3v) is 4.08. The van der Waals surface area contributed by atoms with Crippen molar-refractivity contribution in [2.45, 2.75) is 6.61 Å². The summed E-state index contributed by atoms with van der Waals surface area (Å²) in [6.07, 6.45) is 0. The van der Waals surface area contributed by atoms with Crippen LogP contribution in [0.4, 0.5) is 22.0 Å². The number of esters is 1. The SMILES string of the molecule is O=C(CNC(=O)c1ccc2ccccc2c1)OCc1c(F)c(F)c(F)c(F)c1F. The van der Waals surface area contributed by atoms with Crippen LogP contribution in [-0.2, 0) is 16.1 Å². The van der Waals surface area contributed by atoms with E-state index in [1.54, 1.807) is 24.3 Å². The molecule has 3 rings (SSSR count). The van der Waals surface area contributed by atoms with Crippen molar-refractivity contribution in [3.63, 3.8) is 0 Å². The summed E-state index contributed by atoms with van der Waals surface area (Å²) in [7, 11) is 0. The van der Waals surface area contributed by atoms with Gasteiger partial charge in [0.2, 0.25) is 5.82 Å². The van der Waals surface area contributed by atoms with Gasteiger partial charge in [0, 0.05) is 5.56 Å². The van der Waals surface area contributed by atoms with E-state index in [-0.39, 0.29) is 5.56 Å². The minimum Gasteiger partial charge on any atom is -0.459 e. The van der Waals surface area contributed by atoms with Gasteiger partial charge in [0.1, 0.15) is 13.2 Å². The molecule has 0 aliphatic carbocycles. The second-order valence-corrected chi connectivity index (χ2v) is 5.95. The first-order valence-corrected chi connectivity index (χ1v) is 8.22. The number of ether oxygens (including phenoxy) is 1. The molecule has 9 heteroatoms. The first-order valence-electron chi connectivity index (χ1n) is 8.22. The maximum atomic E-state index is 13.5. The van der Waals surface area contributed by atoms with Crippen LogP contribution in [0.1, 0.15) is 15.9 Å². The van der Waals surface area contributed by atoms with E-state index in [1.165, 1.54) is 6.07 Å². The highest BCUT2D eigenvalue weighted by Gasteiger charge is 2.26. The Balaban J connectivity index is 1.61. The number of hydrogen-bond donors (Lipinski definition) is 1. The Morgan fingerprint density at radius 3 is 2.03 bits per heavy atom. The molecule has 150 valence electrons. The van der Waals surface area contributed by atoms with Gasteiger partial charge >= 0.3 is 5.97 Å². The second-order valence-electron chi connectivity index (χ2n) is 5.95. The predicted molar refractivity (Wildman–Crippen MR) is 92.3 cm³/mol. The van der Waals surface area contributed by atoms with E-state index < -0.39 is 59.7 Å². The van der Waals surface area contributed by atoms with E-state index in [0.29, 0.717) is 0 Å². The molecule has 0 spiro atoms. The van der Waals surface area contributed by atoms with Crippen molar-refractivity contribution in [1.29, 1.82) is 0 Å². The second kappa shape index (κ2) is 8.26. The summed E-state index contributed by atoms with van der Waals surface area (Å²) in [5.41, 5.74) is -1.02. The van der Waals surface area contributed by atoms with Gasteiger partial charge in [-0.25, -0.2) is 22.0 Å². The maximum Gasteiger partial charge on any atom is 0.325 e. The molecule has 0 aliphatic rings.